The third kappa shape index (κ3) is 4.09. The number of aryl methyl sites for hydroxylation is 1. The molecule has 1 amide bonds. The van der Waals surface area contributed by atoms with Crippen LogP contribution in [0.15, 0.2) is 60.1 Å². The number of carbonyl (C=O) groups excluding carboxylic acids is 1. The number of H-pyrrole nitrogens is 1. The summed E-state index contributed by atoms with van der Waals surface area (Å²) < 4.78 is 0. The zero-order chi connectivity index (χ0) is 18.6. The number of para-hydroxylation sites is 1. The topological polar surface area (TPSA) is 57.8 Å². The molecule has 0 bridgehead atoms. The average molecular weight is 375 g/mol. The Balaban J connectivity index is 1.31. The molecule has 2 aromatic heterocycles. The van der Waals surface area contributed by atoms with Crippen LogP contribution in [0.4, 0.5) is 0 Å². The molecule has 0 radical (unpaired) electrons. The number of aromatic amines is 1. The molecule has 0 aliphatic carbocycles. The second kappa shape index (κ2) is 7.76. The van der Waals surface area contributed by atoms with Crippen molar-refractivity contribution in [2.24, 2.45) is 0 Å². The van der Waals surface area contributed by atoms with Crippen molar-refractivity contribution in [1.82, 2.24) is 15.3 Å². The van der Waals surface area contributed by atoms with Crippen molar-refractivity contribution in [1.29, 1.82) is 0 Å². The van der Waals surface area contributed by atoms with Crippen LogP contribution in [0.2, 0.25) is 0 Å². The quantitative estimate of drug-likeness (QED) is 0.521. The van der Waals surface area contributed by atoms with Gasteiger partial charge in [-0.3, -0.25) is 4.79 Å². The number of nitrogens with zero attached hydrogens (tertiary/aromatic N) is 1. The van der Waals surface area contributed by atoms with Crippen molar-refractivity contribution in [2.45, 2.75) is 19.8 Å². The van der Waals surface area contributed by atoms with Gasteiger partial charge in [0.25, 0.3) is 0 Å². The first kappa shape index (κ1) is 17.5. The van der Waals surface area contributed by atoms with Gasteiger partial charge in [-0.25, -0.2) is 4.98 Å². The number of aromatic nitrogens is 2. The Morgan fingerprint density at radius 1 is 1.15 bits per heavy atom. The minimum absolute atomic E-state index is 0.00981. The highest BCUT2D eigenvalue weighted by molar-refractivity contribution is 7.13. The molecule has 0 fully saturated rings. The summed E-state index contributed by atoms with van der Waals surface area (Å²) in [5.74, 6) is 0.00981. The molecule has 2 aromatic carbocycles. The van der Waals surface area contributed by atoms with Crippen LogP contribution < -0.4 is 5.32 Å². The number of amides is 1. The van der Waals surface area contributed by atoms with E-state index in [1.54, 1.807) is 11.3 Å². The van der Waals surface area contributed by atoms with E-state index in [9.17, 15) is 4.79 Å². The second-order valence-corrected chi connectivity index (χ2v) is 7.50. The summed E-state index contributed by atoms with van der Waals surface area (Å²) in [6, 6.07) is 16.5. The predicted molar refractivity (Wildman–Crippen MR) is 111 cm³/mol. The van der Waals surface area contributed by atoms with E-state index in [1.807, 2.05) is 23.7 Å². The van der Waals surface area contributed by atoms with Gasteiger partial charge in [-0.1, -0.05) is 48.0 Å². The summed E-state index contributed by atoms with van der Waals surface area (Å²) in [5, 5.41) is 7.14. The summed E-state index contributed by atoms with van der Waals surface area (Å²) >= 11 is 1.58. The third-order valence-corrected chi connectivity index (χ3v) is 5.52. The molecule has 0 saturated carbocycles. The van der Waals surface area contributed by atoms with E-state index in [-0.39, 0.29) is 5.91 Å². The number of fused-ring (bicyclic) bond motifs is 1. The second-order valence-electron chi connectivity index (χ2n) is 6.65. The molecule has 0 unspecified atom stereocenters. The zero-order valence-corrected chi connectivity index (χ0v) is 16.0. The van der Waals surface area contributed by atoms with Gasteiger partial charge in [-0.15, -0.1) is 11.3 Å². The van der Waals surface area contributed by atoms with Crippen LogP contribution in [0, 0.1) is 6.92 Å². The maximum Gasteiger partial charge on any atom is 0.226 e. The molecular weight excluding hydrogens is 354 g/mol. The van der Waals surface area contributed by atoms with Crippen molar-refractivity contribution in [3.8, 4) is 10.6 Å². The highest BCUT2D eigenvalue weighted by Crippen LogP contribution is 2.24. The maximum absolute atomic E-state index is 12.2. The van der Waals surface area contributed by atoms with Crippen molar-refractivity contribution in [3.05, 3.63) is 76.9 Å². The average Bonchev–Trinajstić information content (AvgIpc) is 3.30. The molecule has 4 aromatic rings. The number of nitrogens with one attached hydrogen (secondary N) is 2. The van der Waals surface area contributed by atoms with Crippen molar-refractivity contribution in [3.63, 3.8) is 0 Å². The van der Waals surface area contributed by atoms with Gasteiger partial charge in [0.1, 0.15) is 5.01 Å². The largest absolute Gasteiger partial charge is 0.361 e. The predicted octanol–water partition coefficient (Wildman–Crippen LogP) is 4.50. The Bertz CT molecular complexity index is 1060. The lowest BCUT2D eigenvalue weighted by atomic mass is 10.1. The molecule has 0 aliphatic rings. The Hall–Kier alpha value is -2.92. The molecule has 0 saturated heterocycles. The monoisotopic (exact) mass is 375 g/mol. The molecule has 5 heteroatoms. The highest BCUT2D eigenvalue weighted by Gasteiger charge is 2.09. The van der Waals surface area contributed by atoms with Crippen LogP contribution in [-0.4, -0.2) is 22.4 Å². The SMILES string of the molecule is Cc1ccc(-c2nc(CC(=O)NCCc3c[nH]c4ccccc34)cs2)cc1. The first-order chi connectivity index (χ1) is 13.2. The van der Waals surface area contributed by atoms with E-state index >= 15 is 0 Å². The van der Waals surface area contributed by atoms with Gasteiger partial charge in [-0.2, -0.15) is 0 Å². The fraction of sp³-hybridized carbons (Fsp3) is 0.182. The number of rotatable bonds is 6. The number of benzene rings is 2. The van der Waals surface area contributed by atoms with Crippen molar-refractivity contribution >= 4 is 28.1 Å². The molecule has 4 rings (SSSR count). The smallest absolute Gasteiger partial charge is 0.226 e. The number of hydrogen-bond donors (Lipinski definition) is 2. The lowest BCUT2D eigenvalue weighted by Crippen LogP contribution is -2.27. The van der Waals surface area contributed by atoms with E-state index in [0.717, 1.165) is 28.2 Å². The van der Waals surface area contributed by atoms with Crippen LogP contribution in [0.3, 0.4) is 0 Å². The van der Waals surface area contributed by atoms with Gasteiger partial charge < -0.3 is 10.3 Å². The Labute approximate surface area is 162 Å². The number of carbonyl (C=O) groups is 1. The molecule has 0 spiro atoms. The Kier molecular flexibility index (Phi) is 5.03. The lowest BCUT2D eigenvalue weighted by molar-refractivity contribution is -0.120. The Morgan fingerprint density at radius 2 is 1.96 bits per heavy atom. The maximum atomic E-state index is 12.2. The minimum Gasteiger partial charge on any atom is -0.361 e. The summed E-state index contributed by atoms with van der Waals surface area (Å²) in [4.78, 5) is 20.1. The lowest BCUT2D eigenvalue weighted by Gasteiger charge is -2.03. The fourth-order valence-corrected chi connectivity index (χ4v) is 3.94. The molecule has 136 valence electrons. The van der Waals surface area contributed by atoms with E-state index < -0.39 is 0 Å². The molecule has 2 N–H and O–H groups in total. The van der Waals surface area contributed by atoms with Crippen LogP contribution in [0.5, 0.6) is 0 Å². The third-order valence-electron chi connectivity index (χ3n) is 4.58. The van der Waals surface area contributed by atoms with Gasteiger partial charge in [0.15, 0.2) is 0 Å². The van der Waals surface area contributed by atoms with Crippen LogP contribution in [-0.2, 0) is 17.6 Å². The van der Waals surface area contributed by atoms with Crippen LogP contribution in [0.1, 0.15) is 16.8 Å². The molecule has 27 heavy (non-hydrogen) atoms. The minimum atomic E-state index is 0.00981. The van der Waals surface area contributed by atoms with Gasteiger partial charge in [-0.05, 0) is 25.0 Å². The number of hydrogen-bond acceptors (Lipinski definition) is 3. The van der Waals surface area contributed by atoms with Crippen molar-refractivity contribution in [2.75, 3.05) is 6.54 Å². The summed E-state index contributed by atoms with van der Waals surface area (Å²) in [6.07, 6.45) is 3.14. The summed E-state index contributed by atoms with van der Waals surface area (Å²) in [5.41, 5.74) is 5.49. The highest BCUT2D eigenvalue weighted by atomic mass is 32.1. The molecule has 4 nitrogen and oxygen atoms in total. The molecule has 0 atom stereocenters. The van der Waals surface area contributed by atoms with E-state index in [4.69, 9.17) is 0 Å². The molecular formula is C22H21N3OS. The van der Waals surface area contributed by atoms with E-state index in [2.05, 4.69) is 58.6 Å². The van der Waals surface area contributed by atoms with Gasteiger partial charge >= 0.3 is 0 Å². The summed E-state index contributed by atoms with van der Waals surface area (Å²) in [6.45, 7) is 2.69. The van der Waals surface area contributed by atoms with E-state index in [0.29, 0.717) is 13.0 Å². The molecule has 0 aliphatic heterocycles. The van der Waals surface area contributed by atoms with Gasteiger partial charge in [0.2, 0.25) is 5.91 Å². The molecule has 2 heterocycles. The Morgan fingerprint density at radius 3 is 2.81 bits per heavy atom. The van der Waals surface area contributed by atoms with Crippen LogP contribution >= 0.6 is 11.3 Å². The first-order valence-corrected chi connectivity index (χ1v) is 9.90. The summed E-state index contributed by atoms with van der Waals surface area (Å²) in [7, 11) is 0. The zero-order valence-electron chi connectivity index (χ0n) is 15.2. The van der Waals surface area contributed by atoms with Gasteiger partial charge in [0.05, 0.1) is 12.1 Å². The standard InChI is InChI=1S/C22H21N3OS/c1-15-6-8-16(9-7-15)22-25-18(14-27-22)12-21(26)23-11-10-17-13-24-20-5-3-2-4-19(17)20/h2-9,13-14,24H,10-12H2,1H3,(H,23,26). The first-order valence-electron chi connectivity index (χ1n) is 9.02. The van der Waals surface area contributed by atoms with E-state index in [1.165, 1.54) is 16.5 Å². The van der Waals surface area contributed by atoms with Crippen LogP contribution in [0.25, 0.3) is 21.5 Å². The van der Waals surface area contributed by atoms with Crippen molar-refractivity contribution < 1.29 is 4.79 Å². The van der Waals surface area contributed by atoms with Gasteiger partial charge in [0, 0.05) is 34.6 Å². The fourth-order valence-electron chi connectivity index (χ4n) is 3.12. The normalized spacial score (nSPS) is 11.0. The number of thiazole rings is 1.